The Morgan fingerprint density at radius 2 is 1.85 bits per heavy atom. The van der Waals surface area contributed by atoms with Gasteiger partial charge in [-0.2, -0.15) is 0 Å². The Morgan fingerprint density at radius 3 is 2.62 bits per heavy atom. The molecule has 0 spiro atoms. The Hall–Kier alpha value is -3.28. The zero-order valence-electron chi connectivity index (χ0n) is 15.1. The molecule has 134 valence electrons. The van der Waals surface area contributed by atoms with Crippen molar-refractivity contribution in [3.8, 4) is 11.5 Å². The van der Waals surface area contributed by atoms with Crippen molar-refractivity contribution in [3.05, 3.63) is 60.4 Å². The van der Waals surface area contributed by atoms with Crippen LogP contribution in [0.15, 0.2) is 59.7 Å². The summed E-state index contributed by atoms with van der Waals surface area (Å²) < 4.78 is 10.6. The van der Waals surface area contributed by atoms with Crippen LogP contribution in [-0.2, 0) is 6.54 Å². The highest BCUT2D eigenvalue weighted by Crippen LogP contribution is 2.29. The van der Waals surface area contributed by atoms with Gasteiger partial charge >= 0.3 is 0 Å². The summed E-state index contributed by atoms with van der Waals surface area (Å²) in [7, 11) is 4.95. The number of rotatable bonds is 5. The molecule has 0 saturated carbocycles. The van der Waals surface area contributed by atoms with Crippen molar-refractivity contribution in [2.75, 3.05) is 26.6 Å². The lowest BCUT2D eigenvalue weighted by molar-refractivity contribution is 0.355. The SMILES string of the molecule is CN=C(NCc1nccc2ccccc12)Nc1ccc(OC)c(OC)c1. The molecule has 0 aliphatic carbocycles. The maximum Gasteiger partial charge on any atom is 0.195 e. The van der Waals surface area contributed by atoms with Gasteiger partial charge in [-0.25, -0.2) is 0 Å². The summed E-state index contributed by atoms with van der Waals surface area (Å²) in [5.74, 6) is 1.98. The van der Waals surface area contributed by atoms with Gasteiger partial charge in [-0.15, -0.1) is 0 Å². The summed E-state index contributed by atoms with van der Waals surface area (Å²) in [6.45, 7) is 0.564. The minimum Gasteiger partial charge on any atom is -0.493 e. The van der Waals surface area contributed by atoms with E-state index in [4.69, 9.17) is 9.47 Å². The molecule has 0 amide bonds. The fraction of sp³-hybridized carbons (Fsp3) is 0.200. The predicted octanol–water partition coefficient (Wildman–Crippen LogP) is 3.44. The first-order chi connectivity index (χ1) is 12.7. The number of hydrogen-bond acceptors (Lipinski definition) is 4. The molecule has 0 bridgehead atoms. The average Bonchev–Trinajstić information content (AvgIpc) is 2.70. The minimum atomic E-state index is 0.564. The van der Waals surface area contributed by atoms with Gasteiger partial charge in [-0.3, -0.25) is 9.98 Å². The zero-order chi connectivity index (χ0) is 18.4. The van der Waals surface area contributed by atoms with Crippen molar-refractivity contribution in [3.63, 3.8) is 0 Å². The van der Waals surface area contributed by atoms with Gasteiger partial charge in [-0.05, 0) is 23.6 Å². The zero-order valence-corrected chi connectivity index (χ0v) is 15.1. The number of aliphatic imine (C=N–C) groups is 1. The lowest BCUT2D eigenvalue weighted by atomic mass is 10.1. The second kappa shape index (κ2) is 8.20. The van der Waals surface area contributed by atoms with E-state index in [9.17, 15) is 0 Å². The summed E-state index contributed by atoms with van der Waals surface area (Å²) in [6.07, 6.45) is 1.82. The van der Waals surface area contributed by atoms with E-state index in [2.05, 4.69) is 32.7 Å². The third kappa shape index (κ3) is 3.85. The summed E-state index contributed by atoms with van der Waals surface area (Å²) in [4.78, 5) is 8.76. The summed E-state index contributed by atoms with van der Waals surface area (Å²) in [5.41, 5.74) is 1.82. The van der Waals surface area contributed by atoms with Crippen molar-refractivity contribution < 1.29 is 9.47 Å². The van der Waals surface area contributed by atoms with Crippen LogP contribution in [0, 0.1) is 0 Å². The van der Waals surface area contributed by atoms with Gasteiger partial charge in [0.1, 0.15) is 0 Å². The molecule has 0 saturated heterocycles. The van der Waals surface area contributed by atoms with E-state index in [0.717, 1.165) is 16.8 Å². The van der Waals surface area contributed by atoms with E-state index < -0.39 is 0 Å². The monoisotopic (exact) mass is 350 g/mol. The molecule has 6 nitrogen and oxygen atoms in total. The first-order valence-corrected chi connectivity index (χ1v) is 8.27. The molecule has 3 rings (SSSR count). The van der Waals surface area contributed by atoms with Crippen molar-refractivity contribution >= 4 is 22.4 Å². The van der Waals surface area contributed by atoms with Gasteiger partial charge in [0.05, 0.1) is 26.5 Å². The van der Waals surface area contributed by atoms with Crippen molar-refractivity contribution in [2.24, 2.45) is 4.99 Å². The van der Waals surface area contributed by atoms with Gasteiger partial charge < -0.3 is 20.1 Å². The number of nitrogens with zero attached hydrogens (tertiary/aromatic N) is 2. The third-order valence-electron chi connectivity index (χ3n) is 4.05. The van der Waals surface area contributed by atoms with Crippen molar-refractivity contribution in [1.29, 1.82) is 0 Å². The number of guanidine groups is 1. The molecule has 0 radical (unpaired) electrons. The average molecular weight is 350 g/mol. The molecule has 0 aliphatic heterocycles. The highest BCUT2D eigenvalue weighted by atomic mass is 16.5. The molecule has 6 heteroatoms. The van der Waals surface area contributed by atoms with Crippen LogP contribution >= 0.6 is 0 Å². The smallest absolute Gasteiger partial charge is 0.195 e. The number of benzene rings is 2. The molecule has 0 unspecified atom stereocenters. The summed E-state index contributed by atoms with van der Waals surface area (Å²) in [5, 5.41) is 8.84. The molecular formula is C20H22N4O2. The molecule has 1 heterocycles. The number of anilines is 1. The van der Waals surface area contributed by atoms with Crippen LogP contribution < -0.4 is 20.1 Å². The molecule has 2 N–H and O–H groups in total. The van der Waals surface area contributed by atoms with E-state index in [1.54, 1.807) is 21.3 Å². The fourth-order valence-corrected chi connectivity index (χ4v) is 2.72. The Balaban J connectivity index is 1.72. The van der Waals surface area contributed by atoms with Gasteiger partial charge in [0.2, 0.25) is 0 Å². The molecule has 1 aromatic heterocycles. The van der Waals surface area contributed by atoms with Gasteiger partial charge in [-0.1, -0.05) is 24.3 Å². The van der Waals surface area contributed by atoms with E-state index >= 15 is 0 Å². The minimum absolute atomic E-state index is 0.564. The van der Waals surface area contributed by atoms with E-state index in [1.807, 2.05) is 42.6 Å². The molecule has 0 atom stereocenters. The topological polar surface area (TPSA) is 67.8 Å². The number of fused-ring (bicyclic) bond motifs is 1. The van der Waals surface area contributed by atoms with Gasteiger partial charge in [0, 0.05) is 30.4 Å². The lowest BCUT2D eigenvalue weighted by Crippen LogP contribution is -2.30. The first-order valence-electron chi connectivity index (χ1n) is 8.27. The van der Waals surface area contributed by atoms with Gasteiger partial charge in [0.25, 0.3) is 0 Å². The number of nitrogens with one attached hydrogen (secondary N) is 2. The first kappa shape index (κ1) is 17.5. The fourth-order valence-electron chi connectivity index (χ4n) is 2.72. The van der Waals surface area contributed by atoms with Crippen LogP contribution in [0.5, 0.6) is 11.5 Å². The maximum atomic E-state index is 5.33. The molecule has 2 aromatic carbocycles. The highest BCUT2D eigenvalue weighted by molar-refractivity contribution is 5.94. The standard InChI is InChI=1S/C20H22N4O2/c1-21-20(24-15-8-9-18(25-2)19(12-15)26-3)23-13-17-16-7-5-4-6-14(16)10-11-22-17/h4-12H,13H2,1-3H3,(H2,21,23,24). The largest absolute Gasteiger partial charge is 0.493 e. The van der Waals surface area contributed by atoms with E-state index in [0.29, 0.717) is 24.0 Å². The quantitative estimate of drug-likeness (QED) is 0.545. The van der Waals surface area contributed by atoms with Crippen LogP contribution in [0.4, 0.5) is 5.69 Å². The second-order valence-electron chi connectivity index (χ2n) is 5.60. The Kier molecular flexibility index (Phi) is 5.53. The Labute approximate surface area is 152 Å². The molecule has 3 aromatic rings. The Bertz CT molecular complexity index is 919. The molecule has 26 heavy (non-hydrogen) atoms. The predicted molar refractivity (Wildman–Crippen MR) is 105 cm³/mol. The second-order valence-corrected chi connectivity index (χ2v) is 5.60. The Morgan fingerprint density at radius 1 is 1.04 bits per heavy atom. The van der Waals surface area contributed by atoms with E-state index in [-0.39, 0.29) is 0 Å². The lowest BCUT2D eigenvalue weighted by Gasteiger charge is -2.14. The number of methoxy groups -OCH3 is 2. The summed E-state index contributed by atoms with van der Waals surface area (Å²) >= 11 is 0. The molecule has 0 fully saturated rings. The number of aromatic nitrogens is 1. The number of pyridine rings is 1. The van der Waals surface area contributed by atoms with Crippen LogP contribution in [0.2, 0.25) is 0 Å². The van der Waals surface area contributed by atoms with Crippen molar-refractivity contribution in [2.45, 2.75) is 6.54 Å². The number of hydrogen-bond donors (Lipinski definition) is 2. The van der Waals surface area contributed by atoms with Gasteiger partial charge in [0.15, 0.2) is 17.5 Å². The number of ether oxygens (including phenoxy) is 2. The van der Waals surface area contributed by atoms with Crippen LogP contribution in [0.25, 0.3) is 10.8 Å². The normalized spacial score (nSPS) is 11.3. The van der Waals surface area contributed by atoms with Crippen LogP contribution in [-0.4, -0.2) is 32.2 Å². The molecule has 0 aliphatic rings. The van der Waals surface area contributed by atoms with Crippen LogP contribution in [0.1, 0.15) is 5.69 Å². The van der Waals surface area contributed by atoms with Crippen molar-refractivity contribution in [1.82, 2.24) is 10.3 Å². The van der Waals surface area contributed by atoms with Crippen LogP contribution in [0.3, 0.4) is 0 Å². The molecular weight excluding hydrogens is 328 g/mol. The van der Waals surface area contributed by atoms with E-state index in [1.165, 1.54) is 5.39 Å². The maximum absolute atomic E-state index is 5.33. The third-order valence-corrected chi connectivity index (χ3v) is 4.05. The summed E-state index contributed by atoms with van der Waals surface area (Å²) in [6, 6.07) is 15.8. The highest BCUT2D eigenvalue weighted by Gasteiger charge is 2.07.